The summed E-state index contributed by atoms with van der Waals surface area (Å²) in [7, 11) is 0. The largest absolute Gasteiger partial charge is 0.295 e. The van der Waals surface area contributed by atoms with Crippen molar-refractivity contribution in [3.05, 3.63) is 28.5 Å². The lowest BCUT2D eigenvalue weighted by atomic mass is 10.2. The van der Waals surface area contributed by atoms with Gasteiger partial charge >= 0.3 is 0 Å². The average Bonchev–Trinajstić information content (AvgIpc) is 2.70. The van der Waals surface area contributed by atoms with E-state index in [1.54, 1.807) is 12.1 Å². The average molecular weight is 286 g/mol. The van der Waals surface area contributed by atoms with E-state index in [0.717, 1.165) is 11.5 Å². The second-order valence-electron chi connectivity index (χ2n) is 2.49. The molecule has 0 aliphatic rings. The van der Waals surface area contributed by atoms with Crippen LogP contribution in [0.5, 0.6) is 0 Å². The summed E-state index contributed by atoms with van der Waals surface area (Å²) in [6.45, 7) is 0. The van der Waals surface area contributed by atoms with E-state index in [2.05, 4.69) is 41.0 Å². The summed E-state index contributed by atoms with van der Waals surface area (Å²) in [6, 6.07) is 3.22. The molecule has 6 nitrogen and oxygen atoms in total. The lowest BCUT2D eigenvalue weighted by Crippen LogP contribution is -2.11. The number of amides is 1. The van der Waals surface area contributed by atoms with Crippen LogP contribution in [0.25, 0.3) is 0 Å². The molecule has 8 heteroatoms. The topological polar surface area (TPSA) is 80.7 Å². The van der Waals surface area contributed by atoms with E-state index in [9.17, 15) is 4.79 Å². The normalized spacial score (nSPS) is 9.93. The Morgan fingerprint density at radius 3 is 3.07 bits per heavy atom. The van der Waals surface area contributed by atoms with Crippen LogP contribution in [-0.4, -0.2) is 25.7 Å². The van der Waals surface area contributed by atoms with E-state index in [1.807, 2.05) is 0 Å². The van der Waals surface area contributed by atoms with Gasteiger partial charge in [-0.3, -0.25) is 10.1 Å². The van der Waals surface area contributed by atoms with Gasteiger partial charge < -0.3 is 0 Å². The molecule has 0 unspecified atom stereocenters. The summed E-state index contributed by atoms with van der Waals surface area (Å²) < 4.78 is 4.13. The Morgan fingerprint density at radius 2 is 2.40 bits per heavy atom. The molecule has 1 amide bonds. The summed E-state index contributed by atoms with van der Waals surface area (Å²) in [5.74, 6) is -0.267. The number of halogens is 1. The molecule has 2 rings (SSSR count). The first-order valence-electron chi connectivity index (χ1n) is 3.83. The van der Waals surface area contributed by atoms with Gasteiger partial charge in [0.2, 0.25) is 5.13 Å². The second-order valence-corrected chi connectivity index (χ2v) is 4.03. The quantitative estimate of drug-likeness (QED) is 0.843. The van der Waals surface area contributed by atoms with Crippen molar-refractivity contribution in [3.8, 4) is 0 Å². The monoisotopic (exact) mass is 285 g/mol. The highest BCUT2D eigenvalue weighted by Crippen LogP contribution is 2.11. The Labute approximate surface area is 97.0 Å². The first-order valence-corrected chi connectivity index (χ1v) is 5.40. The van der Waals surface area contributed by atoms with Crippen molar-refractivity contribution in [1.82, 2.24) is 19.8 Å². The fourth-order valence-corrected chi connectivity index (χ4v) is 1.62. The molecule has 0 bridgehead atoms. The van der Waals surface area contributed by atoms with E-state index in [4.69, 9.17) is 0 Å². The van der Waals surface area contributed by atoms with E-state index >= 15 is 0 Å². The zero-order valence-corrected chi connectivity index (χ0v) is 9.62. The zero-order valence-electron chi connectivity index (χ0n) is 7.22. The molecule has 0 saturated heterocycles. The van der Waals surface area contributed by atoms with E-state index in [0.29, 0.717) is 15.3 Å². The Balaban J connectivity index is 2.15. The van der Waals surface area contributed by atoms with E-state index in [-0.39, 0.29) is 5.91 Å². The number of aromatic nitrogens is 4. The van der Waals surface area contributed by atoms with Crippen LogP contribution in [-0.2, 0) is 0 Å². The molecule has 0 atom stereocenters. The molecule has 0 fully saturated rings. The Bertz CT molecular complexity index is 474. The minimum atomic E-state index is -0.267. The Kier molecular flexibility index (Phi) is 2.97. The van der Waals surface area contributed by atoms with Crippen LogP contribution in [0.15, 0.2) is 22.9 Å². The van der Waals surface area contributed by atoms with Gasteiger partial charge in [-0.15, -0.1) is 0 Å². The van der Waals surface area contributed by atoms with Crippen LogP contribution in [0.4, 0.5) is 5.13 Å². The standard InChI is InChI=1S/C7H4BrN5OS/c8-5-3-4(1-2-9-5)6(14)10-7-11-12-13-15-7/h1-3H,(H,10,11,13,14). The van der Waals surface area contributed by atoms with Gasteiger partial charge in [0.05, 0.1) is 0 Å². The highest BCUT2D eigenvalue weighted by molar-refractivity contribution is 9.10. The second kappa shape index (κ2) is 4.41. The van der Waals surface area contributed by atoms with Gasteiger partial charge in [-0.1, -0.05) is 9.59 Å². The van der Waals surface area contributed by atoms with Crippen LogP contribution >= 0.6 is 27.5 Å². The van der Waals surface area contributed by atoms with Gasteiger partial charge in [-0.25, -0.2) is 4.98 Å². The van der Waals surface area contributed by atoms with Crippen molar-refractivity contribution < 1.29 is 4.79 Å². The molecule has 0 aliphatic carbocycles. The van der Waals surface area contributed by atoms with Crippen molar-refractivity contribution >= 4 is 38.5 Å². The van der Waals surface area contributed by atoms with Gasteiger partial charge in [0.15, 0.2) is 0 Å². The maximum atomic E-state index is 11.6. The molecule has 0 aromatic carbocycles. The van der Waals surface area contributed by atoms with Crippen molar-refractivity contribution in [2.24, 2.45) is 0 Å². The minimum Gasteiger partial charge on any atom is -0.295 e. The third kappa shape index (κ3) is 2.54. The number of hydrogen-bond acceptors (Lipinski definition) is 6. The third-order valence-corrected chi connectivity index (χ3v) is 2.45. The number of anilines is 1. The molecular weight excluding hydrogens is 282 g/mol. The molecule has 1 N–H and O–H groups in total. The SMILES string of the molecule is O=C(Nc1nnns1)c1ccnc(Br)c1. The van der Waals surface area contributed by atoms with Gasteiger partial charge in [0, 0.05) is 23.3 Å². The molecule has 15 heavy (non-hydrogen) atoms. The Hall–Kier alpha value is -1.41. The predicted octanol–water partition coefficient (Wildman–Crippen LogP) is 1.34. The number of nitrogens with one attached hydrogen (secondary N) is 1. The van der Waals surface area contributed by atoms with Gasteiger partial charge in [0.1, 0.15) is 4.60 Å². The first kappa shape index (κ1) is 10.1. The number of carbonyl (C=O) groups is 1. The highest BCUT2D eigenvalue weighted by Gasteiger charge is 2.08. The van der Waals surface area contributed by atoms with E-state index in [1.165, 1.54) is 6.20 Å². The van der Waals surface area contributed by atoms with Crippen molar-refractivity contribution in [2.75, 3.05) is 5.32 Å². The van der Waals surface area contributed by atoms with Crippen LogP contribution in [0, 0.1) is 0 Å². The molecule has 76 valence electrons. The number of hydrogen-bond donors (Lipinski definition) is 1. The molecule has 0 saturated carbocycles. The maximum Gasteiger partial charge on any atom is 0.257 e. The minimum absolute atomic E-state index is 0.267. The third-order valence-electron chi connectivity index (χ3n) is 1.51. The summed E-state index contributed by atoms with van der Waals surface area (Å²) in [5, 5.41) is 9.90. The molecule has 0 spiro atoms. The predicted molar refractivity (Wildman–Crippen MR) is 57.6 cm³/mol. The van der Waals surface area contributed by atoms with Crippen molar-refractivity contribution in [3.63, 3.8) is 0 Å². The van der Waals surface area contributed by atoms with Crippen LogP contribution in [0.3, 0.4) is 0 Å². The number of nitrogens with zero attached hydrogens (tertiary/aromatic N) is 4. The van der Waals surface area contributed by atoms with Crippen LogP contribution in [0.1, 0.15) is 10.4 Å². The number of rotatable bonds is 2. The molecule has 0 radical (unpaired) electrons. The zero-order chi connectivity index (χ0) is 10.7. The molecule has 2 heterocycles. The lowest BCUT2D eigenvalue weighted by Gasteiger charge is -1.99. The van der Waals surface area contributed by atoms with Crippen LogP contribution < -0.4 is 5.32 Å². The number of carbonyl (C=O) groups excluding carboxylic acids is 1. The van der Waals surface area contributed by atoms with Crippen LogP contribution in [0.2, 0.25) is 0 Å². The summed E-state index contributed by atoms with van der Waals surface area (Å²) >= 11 is 4.20. The fraction of sp³-hybridized carbons (Fsp3) is 0. The van der Waals surface area contributed by atoms with Gasteiger partial charge in [0.25, 0.3) is 5.91 Å². The lowest BCUT2D eigenvalue weighted by molar-refractivity contribution is 0.102. The van der Waals surface area contributed by atoms with E-state index < -0.39 is 0 Å². The molecule has 0 aliphatic heterocycles. The van der Waals surface area contributed by atoms with Crippen molar-refractivity contribution in [1.29, 1.82) is 0 Å². The number of pyridine rings is 1. The maximum absolute atomic E-state index is 11.6. The highest BCUT2D eigenvalue weighted by atomic mass is 79.9. The summed E-state index contributed by atoms with van der Waals surface area (Å²) in [4.78, 5) is 15.5. The smallest absolute Gasteiger partial charge is 0.257 e. The summed E-state index contributed by atoms with van der Waals surface area (Å²) in [5.41, 5.74) is 0.493. The molecule has 2 aromatic heterocycles. The molecule has 2 aromatic rings. The molecular formula is C7H4BrN5OS. The van der Waals surface area contributed by atoms with Gasteiger partial charge in [-0.2, -0.15) is 0 Å². The van der Waals surface area contributed by atoms with Crippen molar-refractivity contribution in [2.45, 2.75) is 0 Å². The summed E-state index contributed by atoms with van der Waals surface area (Å²) in [6.07, 6.45) is 1.54. The Morgan fingerprint density at radius 1 is 1.53 bits per heavy atom. The van der Waals surface area contributed by atoms with Gasteiger partial charge in [-0.05, 0) is 33.3 Å². The fourth-order valence-electron chi connectivity index (χ4n) is 0.895. The first-order chi connectivity index (χ1) is 7.25.